The van der Waals surface area contributed by atoms with E-state index in [0.29, 0.717) is 22.7 Å². The summed E-state index contributed by atoms with van der Waals surface area (Å²) < 4.78 is 6.08. The number of para-hydroxylation sites is 2. The van der Waals surface area contributed by atoms with Crippen molar-refractivity contribution in [3.8, 4) is 5.75 Å². The maximum atomic E-state index is 12.6. The predicted molar refractivity (Wildman–Crippen MR) is 84.3 cm³/mol. The van der Waals surface area contributed by atoms with Gasteiger partial charge in [-0.1, -0.05) is 28.1 Å². The van der Waals surface area contributed by atoms with Crippen LogP contribution in [-0.2, 0) is 0 Å². The Morgan fingerprint density at radius 3 is 2.65 bits per heavy atom. The van der Waals surface area contributed by atoms with E-state index in [2.05, 4.69) is 15.9 Å². The van der Waals surface area contributed by atoms with Gasteiger partial charge in [-0.25, -0.2) is 0 Å². The highest BCUT2D eigenvalue weighted by atomic mass is 79.9. The molecule has 0 heterocycles. The predicted octanol–water partition coefficient (Wildman–Crippen LogP) is 3.32. The van der Waals surface area contributed by atoms with Gasteiger partial charge in [-0.2, -0.15) is 0 Å². The Morgan fingerprint density at radius 1 is 1.25 bits per heavy atom. The largest absolute Gasteiger partial charge is 0.495 e. The molecule has 1 amide bonds. The van der Waals surface area contributed by atoms with Gasteiger partial charge in [0.2, 0.25) is 0 Å². The zero-order valence-electron chi connectivity index (χ0n) is 11.3. The minimum Gasteiger partial charge on any atom is -0.495 e. The van der Waals surface area contributed by atoms with Crippen molar-refractivity contribution in [3.63, 3.8) is 0 Å². The van der Waals surface area contributed by atoms with Crippen LogP contribution >= 0.6 is 15.9 Å². The quantitative estimate of drug-likeness (QED) is 0.876. The Hall–Kier alpha value is -2.01. The van der Waals surface area contributed by atoms with Gasteiger partial charge in [0.25, 0.3) is 5.91 Å². The van der Waals surface area contributed by atoms with Crippen LogP contribution in [0.1, 0.15) is 10.4 Å². The molecule has 20 heavy (non-hydrogen) atoms. The Kier molecular flexibility index (Phi) is 4.29. The lowest BCUT2D eigenvalue weighted by molar-refractivity contribution is 0.0993. The molecule has 0 aliphatic heterocycles. The number of carbonyl (C=O) groups excluding carboxylic acids is 1. The van der Waals surface area contributed by atoms with Crippen LogP contribution < -0.4 is 15.4 Å². The van der Waals surface area contributed by atoms with E-state index in [1.165, 1.54) is 4.90 Å². The first-order valence-electron chi connectivity index (χ1n) is 6.00. The van der Waals surface area contributed by atoms with Gasteiger partial charge >= 0.3 is 0 Å². The highest BCUT2D eigenvalue weighted by Crippen LogP contribution is 2.29. The number of anilines is 2. The summed E-state index contributed by atoms with van der Waals surface area (Å²) in [4.78, 5) is 14.1. The summed E-state index contributed by atoms with van der Waals surface area (Å²) in [5.74, 6) is 0.449. The minimum absolute atomic E-state index is 0.187. The van der Waals surface area contributed by atoms with Gasteiger partial charge in [0.1, 0.15) is 5.75 Å². The average Bonchev–Trinajstić information content (AvgIpc) is 2.48. The molecular weight excluding hydrogens is 320 g/mol. The van der Waals surface area contributed by atoms with E-state index in [4.69, 9.17) is 10.5 Å². The summed E-state index contributed by atoms with van der Waals surface area (Å²) in [5, 5.41) is 0. The second-order valence-electron chi connectivity index (χ2n) is 4.27. The number of ether oxygens (including phenoxy) is 1. The Morgan fingerprint density at radius 2 is 1.95 bits per heavy atom. The minimum atomic E-state index is -0.187. The molecule has 2 rings (SSSR count). The number of rotatable bonds is 3. The van der Waals surface area contributed by atoms with E-state index in [-0.39, 0.29) is 5.91 Å². The summed E-state index contributed by atoms with van der Waals surface area (Å²) in [6.45, 7) is 0. The van der Waals surface area contributed by atoms with E-state index in [9.17, 15) is 4.79 Å². The molecule has 0 aliphatic rings. The van der Waals surface area contributed by atoms with Crippen molar-refractivity contribution in [2.24, 2.45) is 0 Å². The second kappa shape index (κ2) is 5.96. The van der Waals surface area contributed by atoms with Crippen molar-refractivity contribution >= 4 is 33.2 Å². The third kappa shape index (κ3) is 2.77. The van der Waals surface area contributed by atoms with Gasteiger partial charge in [0.05, 0.1) is 18.4 Å². The SMILES string of the molecule is COc1ccccc1N(C)C(=O)c1cc(Br)ccc1N. The third-order valence-corrected chi connectivity index (χ3v) is 3.49. The number of benzene rings is 2. The molecule has 0 radical (unpaired) electrons. The lowest BCUT2D eigenvalue weighted by Gasteiger charge is -2.20. The molecular formula is C15H15BrN2O2. The number of amides is 1. The summed E-state index contributed by atoms with van der Waals surface area (Å²) in [7, 11) is 3.27. The first kappa shape index (κ1) is 14.4. The summed E-state index contributed by atoms with van der Waals surface area (Å²) in [5.41, 5.74) is 7.47. The molecule has 0 aromatic heterocycles. The summed E-state index contributed by atoms with van der Waals surface area (Å²) in [6.07, 6.45) is 0. The smallest absolute Gasteiger partial charge is 0.260 e. The molecule has 104 valence electrons. The molecule has 0 saturated heterocycles. The van der Waals surface area contributed by atoms with Gasteiger partial charge in [0.15, 0.2) is 0 Å². The van der Waals surface area contributed by atoms with Crippen molar-refractivity contribution in [2.45, 2.75) is 0 Å². The Balaban J connectivity index is 2.40. The molecule has 2 aromatic carbocycles. The van der Waals surface area contributed by atoms with E-state index in [1.807, 2.05) is 24.3 Å². The van der Waals surface area contributed by atoms with Gasteiger partial charge < -0.3 is 15.4 Å². The lowest BCUT2D eigenvalue weighted by Crippen LogP contribution is -2.27. The number of methoxy groups -OCH3 is 1. The zero-order chi connectivity index (χ0) is 14.7. The Bertz CT molecular complexity index is 644. The first-order valence-corrected chi connectivity index (χ1v) is 6.80. The van der Waals surface area contributed by atoms with Crippen molar-refractivity contribution in [2.75, 3.05) is 24.8 Å². The molecule has 4 nitrogen and oxygen atoms in total. The van der Waals surface area contributed by atoms with E-state index >= 15 is 0 Å². The van der Waals surface area contributed by atoms with Crippen LogP contribution in [0.2, 0.25) is 0 Å². The van der Waals surface area contributed by atoms with E-state index in [1.54, 1.807) is 32.4 Å². The molecule has 0 bridgehead atoms. The number of nitrogens with zero attached hydrogens (tertiary/aromatic N) is 1. The number of carbonyl (C=O) groups is 1. The monoisotopic (exact) mass is 334 g/mol. The van der Waals surface area contributed by atoms with Gasteiger partial charge in [0, 0.05) is 17.2 Å². The molecule has 0 fully saturated rings. The fraction of sp³-hybridized carbons (Fsp3) is 0.133. The van der Waals surface area contributed by atoms with Crippen LogP contribution in [0.3, 0.4) is 0 Å². The molecule has 5 heteroatoms. The van der Waals surface area contributed by atoms with E-state index in [0.717, 1.165) is 4.47 Å². The standard InChI is InChI=1S/C15H15BrN2O2/c1-18(13-5-3-4-6-14(13)20-2)15(19)11-9-10(16)7-8-12(11)17/h3-9H,17H2,1-2H3. The highest BCUT2D eigenvalue weighted by molar-refractivity contribution is 9.10. The zero-order valence-corrected chi connectivity index (χ0v) is 12.8. The Labute approximate surface area is 126 Å². The first-order chi connectivity index (χ1) is 9.54. The summed E-state index contributed by atoms with van der Waals surface area (Å²) >= 11 is 3.35. The van der Waals surface area contributed by atoms with Crippen LogP contribution in [0.15, 0.2) is 46.9 Å². The normalized spacial score (nSPS) is 10.2. The summed E-state index contributed by atoms with van der Waals surface area (Å²) in [6, 6.07) is 12.6. The number of nitrogen functional groups attached to an aromatic ring is 1. The number of nitrogens with two attached hydrogens (primary N) is 1. The van der Waals surface area contributed by atoms with Gasteiger partial charge in [-0.3, -0.25) is 4.79 Å². The second-order valence-corrected chi connectivity index (χ2v) is 5.18. The van der Waals surface area contributed by atoms with Gasteiger partial charge in [-0.05, 0) is 30.3 Å². The number of halogens is 1. The van der Waals surface area contributed by atoms with Crippen molar-refractivity contribution in [3.05, 3.63) is 52.5 Å². The van der Waals surface area contributed by atoms with Crippen LogP contribution in [0.25, 0.3) is 0 Å². The third-order valence-electron chi connectivity index (χ3n) is 3.00. The molecule has 0 spiro atoms. The van der Waals surface area contributed by atoms with Crippen LogP contribution in [0.4, 0.5) is 11.4 Å². The molecule has 0 aliphatic carbocycles. The van der Waals surface area contributed by atoms with E-state index < -0.39 is 0 Å². The van der Waals surface area contributed by atoms with Crippen LogP contribution in [-0.4, -0.2) is 20.1 Å². The molecule has 0 saturated carbocycles. The van der Waals surface area contributed by atoms with Crippen molar-refractivity contribution < 1.29 is 9.53 Å². The maximum Gasteiger partial charge on any atom is 0.260 e. The lowest BCUT2D eigenvalue weighted by atomic mass is 10.1. The molecule has 0 unspecified atom stereocenters. The molecule has 0 atom stereocenters. The maximum absolute atomic E-state index is 12.6. The molecule has 2 N–H and O–H groups in total. The number of hydrogen-bond donors (Lipinski definition) is 1. The average molecular weight is 335 g/mol. The van der Waals surface area contributed by atoms with Crippen LogP contribution in [0, 0.1) is 0 Å². The number of hydrogen-bond acceptors (Lipinski definition) is 3. The highest BCUT2D eigenvalue weighted by Gasteiger charge is 2.19. The topological polar surface area (TPSA) is 55.6 Å². The van der Waals surface area contributed by atoms with Crippen molar-refractivity contribution in [1.82, 2.24) is 0 Å². The fourth-order valence-corrected chi connectivity index (χ4v) is 2.27. The van der Waals surface area contributed by atoms with Gasteiger partial charge in [-0.15, -0.1) is 0 Å². The van der Waals surface area contributed by atoms with Crippen molar-refractivity contribution in [1.29, 1.82) is 0 Å². The molecule has 2 aromatic rings. The van der Waals surface area contributed by atoms with Crippen LogP contribution in [0.5, 0.6) is 5.75 Å². The fourth-order valence-electron chi connectivity index (χ4n) is 1.91.